The van der Waals surface area contributed by atoms with Gasteiger partial charge in [-0.2, -0.15) is 0 Å². The molecule has 189 valence electrons. The number of rotatable bonds is 24. The molecule has 0 aliphatic rings. The van der Waals surface area contributed by atoms with Gasteiger partial charge in [-0.05, 0) is 56.8 Å². The molecule has 0 bridgehead atoms. The van der Waals surface area contributed by atoms with Gasteiger partial charge in [0.2, 0.25) is 0 Å². The summed E-state index contributed by atoms with van der Waals surface area (Å²) < 4.78 is 0. The van der Waals surface area contributed by atoms with Gasteiger partial charge in [-0.3, -0.25) is 4.79 Å². The van der Waals surface area contributed by atoms with Crippen LogP contribution in [-0.4, -0.2) is 11.1 Å². The van der Waals surface area contributed by atoms with Crippen LogP contribution in [0.1, 0.15) is 163 Å². The molecule has 0 amide bonds. The molecule has 0 aliphatic carbocycles. The Morgan fingerprint density at radius 1 is 0.594 bits per heavy atom. The Morgan fingerprint density at radius 3 is 1.44 bits per heavy atom. The molecule has 0 rings (SSSR count). The molecule has 0 heterocycles. The highest BCUT2D eigenvalue weighted by atomic mass is 16.4. The van der Waals surface area contributed by atoms with Crippen molar-refractivity contribution in [2.45, 2.75) is 163 Å². The molecule has 32 heavy (non-hydrogen) atoms. The van der Waals surface area contributed by atoms with E-state index in [1.165, 1.54) is 83.5 Å². The third kappa shape index (κ3) is 15.1. The number of hydrogen-bond donors (Lipinski definition) is 1. The molecule has 0 aromatic carbocycles. The number of hydrogen-bond acceptors (Lipinski definition) is 1. The van der Waals surface area contributed by atoms with Crippen molar-refractivity contribution in [3.63, 3.8) is 0 Å². The minimum atomic E-state index is -0.646. The smallest absolute Gasteiger partial charge is 0.311 e. The molecule has 1 N–H and O–H groups in total. The van der Waals surface area contributed by atoms with Gasteiger partial charge in [0, 0.05) is 0 Å². The third-order valence-corrected chi connectivity index (χ3v) is 7.19. The molecule has 0 saturated heterocycles. The van der Waals surface area contributed by atoms with E-state index in [4.69, 9.17) is 0 Å². The Balaban J connectivity index is 4.18. The molecule has 0 spiro atoms. The fraction of sp³-hybridized carbons (Fsp3) is 0.867. The van der Waals surface area contributed by atoms with Gasteiger partial charge in [0.05, 0.1) is 5.92 Å². The molecule has 0 atom stereocenters. The topological polar surface area (TPSA) is 37.3 Å². The van der Waals surface area contributed by atoms with Crippen LogP contribution in [0.15, 0.2) is 12.2 Å². The summed E-state index contributed by atoms with van der Waals surface area (Å²) in [6.07, 6.45) is 30.3. The summed E-state index contributed by atoms with van der Waals surface area (Å²) in [5.74, 6) is 0.155. The van der Waals surface area contributed by atoms with Gasteiger partial charge in [0.15, 0.2) is 0 Å². The predicted octanol–water partition coefficient (Wildman–Crippen LogP) is 10.5. The van der Waals surface area contributed by atoms with E-state index in [1.807, 2.05) is 6.92 Å². The molecule has 0 aromatic heterocycles. The van der Waals surface area contributed by atoms with Crippen LogP contribution in [0.2, 0.25) is 0 Å². The highest BCUT2D eigenvalue weighted by Crippen LogP contribution is 2.46. The number of carbonyl (C=O) groups is 1. The van der Waals surface area contributed by atoms with Crippen molar-refractivity contribution in [1.29, 1.82) is 0 Å². The minimum Gasteiger partial charge on any atom is -0.481 e. The number of allylic oxidation sites excluding steroid dienone is 2. The van der Waals surface area contributed by atoms with Gasteiger partial charge in [-0.1, -0.05) is 123 Å². The zero-order valence-corrected chi connectivity index (χ0v) is 22.4. The van der Waals surface area contributed by atoms with Crippen LogP contribution < -0.4 is 0 Å². The summed E-state index contributed by atoms with van der Waals surface area (Å²) >= 11 is 0. The lowest BCUT2D eigenvalue weighted by atomic mass is 9.65. The van der Waals surface area contributed by atoms with Crippen LogP contribution in [-0.2, 0) is 4.79 Å². The minimum absolute atomic E-state index is 0.0636. The molecule has 0 saturated carbocycles. The Kier molecular flexibility index (Phi) is 21.5. The molecule has 0 aromatic rings. The first-order valence-electron chi connectivity index (χ1n) is 14.3. The second-order valence-electron chi connectivity index (χ2n) is 9.96. The van der Waals surface area contributed by atoms with Crippen molar-refractivity contribution in [1.82, 2.24) is 0 Å². The second kappa shape index (κ2) is 22.0. The van der Waals surface area contributed by atoms with Gasteiger partial charge in [-0.25, -0.2) is 0 Å². The number of unbranched alkanes of at least 4 members (excludes halogenated alkanes) is 13. The monoisotopic (exact) mass is 449 g/mol. The first kappa shape index (κ1) is 31.2. The maximum Gasteiger partial charge on any atom is 0.311 e. The van der Waals surface area contributed by atoms with E-state index >= 15 is 0 Å². The average molecular weight is 450 g/mol. The summed E-state index contributed by atoms with van der Waals surface area (Å²) in [6, 6.07) is 0. The molecule has 0 fully saturated rings. The van der Waals surface area contributed by atoms with Crippen molar-refractivity contribution >= 4 is 5.97 Å². The lowest BCUT2D eigenvalue weighted by Gasteiger charge is -2.39. The van der Waals surface area contributed by atoms with E-state index in [1.54, 1.807) is 0 Å². The van der Waals surface area contributed by atoms with Crippen LogP contribution in [0.4, 0.5) is 0 Å². The normalized spacial score (nSPS) is 12.3. The van der Waals surface area contributed by atoms with Gasteiger partial charge >= 0.3 is 5.97 Å². The number of carboxylic acid groups (broad SMARTS) is 1. The van der Waals surface area contributed by atoms with Crippen LogP contribution in [0, 0.1) is 11.3 Å². The molecular weight excluding hydrogens is 392 g/mol. The fourth-order valence-corrected chi connectivity index (χ4v) is 5.15. The van der Waals surface area contributed by atoms with Crippen LogP contribution in [0.3, 0.4) is 0 Å². The zero-order chi connectivity index (χ0) is 23.9. The number of carboxylic acids is 1. The van der Waals surface area contributed by atoms with E-state index < -0.39 is 5.97 Å². The highest BCUT2D eigenvalue weighted by Gasteiger charge is 2.41. The van der Waals surface area contributed by atoms with Crippen molar-refractivity contribution in [2.24, 2.45) is 5.41 Å². The van der Waals surface area contributed by atoms with Gasteiger partial charge < -0.3 is 5.11 Å². The summed E-state index contributed by atoms with van der Waals surface area (Å²) in [6.45, 7) is 8.76. The summed E-state index contributed by atoms with van der Waals surface area (Å²) in [5, 5.41) is 9.89. The summed E-state index contributed by atoms with van der Waals surface area (Å²) in [5.41, 5.74) is -0.0636. The van der Waals surface area contributed by atoms with Gasteiger partial charge in [0.1, 0.15) is 0 Å². The Labute approximate surface area is 202 Å². The standard InChI is InChI=1S/C30H57O2/c1-5-9-12-13-14-15-16-17-18-19-20-21-22-23-24-27-30(25-10-6-2,26-11-7-3)28(8-4)29(31)32/h17-18H,5-16,19-27H2,1-4H3,(H,31,32)/b18-17-. The van der Waals surface area contributed by atoms with E-state index in [0.717, 1.165) is 50.9 Å². The van der Waals surface area contributed by atoms with Crippen LogP contribution in [0.5, 0.6) is 0 Å². The summed E-state index contributed by atoms with van der Waals surface area (Å²) in [7, 11) is 0. The molecule has 0 unspecified atom stereocenters. The van der Waals surface area contributed by atoms with Crippen molar-refractivity contribution in [2.75, 3.05) is 0 Å². The lowest BCUT2D eigenvalue weighted by molar-refractivity contribution is -0.137. The number of aliphatic carboxylic acids is 1. The first-order chi connectivity index (χ1) is 15.6. The van der Waals surface area contributed by atoms with Crippen molar-refractivity contribution < 1.29 is 9.90 Å². The Bertz CT molecular complexity index is 432. The predicted molar refractivity (Wildman–Crippen MR) is 142 cm³/mol. The Morgan fingerprint density at radius 2 is 1.00 bits per heavy atom. The molecule has 2 heteroatoms. The fourth-order valence-electron chi connectivity index (χ4n) is 5.15. The molecule has 1 radical (unpaired) electrons. The van der Waals surface area contributed by atoms with Gasteiger partial charge in [-0.15, -0.1) is 0 Å². The third-order valence-electron chi connectivity index (χ3n) is 7.19. The maximum absolute atomic E-state index is 12.0. The Hall–Kier alpha value is -0.790. The van der Waals surface area contributed by atoms with Crippen molar-refractivity contribution in [3.8, 4) is 0 Å². The molecular formula is C30H57O2. The van der Waals surface area contributed by atoms with E-state index in [0.29, 0.717) is 6.42 Å². The molecule has 0 aliphatic heterocycles. The second-order valence-corrected chi connectivity index (χ2v) is 9.96. The lowest BCUT2D eigenvalue weighted by Crippen LogP contribution is -2.34. The first-order valence-corrected chi connectivity index (χ1v) is 14.3. The van der Waals surface area contributed by atoms with Crippen LogP contribution in [0.25, 0.3) is 0 Å². The average Bonchev–Trinajstić information content (AvgIpc) is 2.78. The maximum atomic E-state index is 12.0. The zero-order valence-electron chi connectivity index (χ0n) is 22.4. The quantitative estimate of drug-likeness (QED) is 0.117. The van der Waals surface area contributed by atoms with Crippen molar-refractivity contribution in [3.05, 3.63) is 18.1 Å². The SMILES string of the molecule is CCCCCCCC/C=C\CCCCCCCC(CCCC)(CCCC)[C](CC)C(=O)O. The molecule has 2 nitrogen and oxygen atoms in total. The highest BCUT2D eigenvalue weighted by molar-refractivity contribution is 5.84. The van der Waals surface area contributed by atoms with E-state index in [-0.39, 0.29) is 5.41 Å². The van der Waals surface area contributed by atoms with Crippen LogP contribution >= 0.6 is 0 Å². The largest absolute Gasteiger partial charge is 0.481 e. The van der Waals surface area contributed by atoms with Gasteiger partial charge in [0.25, 0.3) is 0 Å². The van der Waals surface area contributed by atoms with E-state index in [2.05, 4.69) is 32.9 Å². The summed E-state index contributed by atoms with van der Waals surface area (Å²) in [4.78, 5) is 12.0. The van der Waals surface area contributed by atoms with E-state index in [9.17, 15) is 9.90 Å².